The van der Waals surface area contributed by atoms with E-state index in [9.17, 15) is 9.59 Å². The third-order valence-electron chi connectivity index (χ3n) is 1.26. The van der Waals surface area contributed by atoms with E-state index in [-0.39, 0.29) is 16.6 Å². The van der Waals surface area contributed by atoms with E-state index < -0.39 is 12.1 Å². The number of nitrogens with one attached hydrogen (secondary N) is 1. The number of aromatic carboxylic acids is 1. The van der Waals surface area contributed by atoms with Crippen LogP contribution in [0.3, 0.4) is 0 Å². The number of ether oxygens (including phenoxy) is 1. The van der Waals surface area contributed by atoms with Gasteiger partial charge >= 0.3 is 12.1 Å². The summed E-state index contributed by atoms with van der Waals surface area (Å²) in [5.41, 5.74) is 0. The maximum Gasteiger partial charge on any atom is 0.413 e. The fourth-order valence-electron chi connectivity index (χ4n) is 0.689. The van der Waals surface area contributed by atoms with Crippen molar-refractivity contribution in [1.82, 2.24) is 4.98 Å². The number of aromatic nitrogens is 1. The Kier molecular flexibility index (Phi) is 3.81. The fourth-order valence-corrected chi connectivity index (χ4v) is 1.33. The van der Waals surface area contributed by atoms with Crippen molar-refractivity contribution in [3.05, 3.63) is 23.7 Å². The van der Waals surface area contributed by atoms with Crippen molar-refractivity contribution in [1.29, 1.82) is 0 Å². The second-order valence-corrected chi connectivity index (χ2v) is 3.38. The second-order valence-electron chi connectivity index (χ2n) is 2.35. The molecule has 0 fully saturated rings. The summed E-state index contributed by atoms with van der Waals surface area (Å²) < 4.78 is 4.62. The van der Waals surface area contributed by atoms with Gasteiger partial charge in [-0.25, -0.2) is 14.6 Å². The van der Waals surface area contributed by atoms with Crippen LogP contribution in [0.15, 0.2) is 18.9 Å². The first-order valence-electron chi connectivity index (χ1n) is 3.87. The number of carboxylic acids is 1. The minimum atomic E-state index is -1.08. The zero-order valence-corrected chi connectivity index (χ0v) is 8.41. The van der Waals surface area contributed by atoms with E-state index in [0.717, 1.165) is 17.5 Å². The lowest BCUT2D eigenvalue weighted by atomic mass is 10.6. The minimum Gasteiger partial charge on any atom is -0.477 e. The molecule has 0 saturated carbocycles. The Labute approximate surface area is 89.2 Å². The van der Waals surface area contributed by atoms with E-state index in [1.807, 2.05) is 0 Å². The van der Waals surface area contributed by atoms with Crippen LogP contribution in [0.2, 0.25) is 0 Å². The van der Waals surface area contributed by atoms with Crippen molar-refractivity contribution < 1.29 is 19.4 Å². The van der Waals surface area contributed by atoms with Gasteiger partial charge in [0.2, 0.25) is 0 Å². The van der Waals surface area contributed by atoms with E-state index in [0.29, 0.717) is 0 Å². The highest BCUT2D eigenvalue weighted by Crippen LogP contribution is 2.17. The van der Waals surface area contributed by atoms with Gasteiger partial charge in [0.15, 0.2) is 5.13 Å². The molecule has 1 rings (SSSR count). The van der Waals surface area contributed by atoms with Gasteiger partial charge < -0.3 is 9.84 Å². The predicted molar refractivity (Wildman–Crippen MR) is 54.2 cm³/mol. The lowest BCUT2D eigenvalue weighted by Crippen LogP contribution is -2.13. The first-order valence-corrected chi connectivity index (χ1v) is 4.69. The van der Waals surface area contributed by atoms with E-state index in [2.05, 4.69) is 21.6 Å². The molecule has 0 spiro atoms. The molecule has 0 unspecified atom stereocenters. The Morgan fingerprint density at radius 3 is 3.00 bits per heavy atom. The summed E-state index contributed by atoms with van der Waals surface area (Å²) >= 11 is 0.854. The quantitative estimate of drug-likeness (QED) is 0.763. The Morgan fingerprint density at radius 2 is 2.47 bits per heavy atom. The molecule has 0 aliphatic carbocycles. The highest BCUT2D eigenvalue weighted by atomic mass is 32.1. The van der Waals surface area contributed by atoms with E-state index in [4.69, 9.17) is 5.11 Å². The van der Waals surface area contributed by atoms with Crippen molar-refractivity contribution in [2.24, 2.45) is 0 Å². The molecule has 0 bridgehead atoms. The number of hydrogen-bond acceptors (Lipinski definition) is 5. The summed E-state index contributed by atoms with van der Waals surface area (Å²) in [6, 6.07) is 0. The zero-order valence-electron chi connectivity index (χ0n) is 7.60. The van der Waals surface area contributed by atoms with Gasteiger partial charge in [0, 0.05) is 0 Å². The van der Waals surface area contributed by atoms with Gasteiger partial charge in [-0.3, -0.25) is 5.32 Å². The van der Waals surface area contributed by atoms with Crippen molar-refractivity contribution in [3.63, 3.8) is 0 Å². The lowest BCUT2D eigenvalue weighted by molar-refractivity contribution is 0.0702. The summed E-state index contributed by atoms with van der Waals surface area (Å²) in [6.07, 6.45) is 1.89. The maximum absolute atomic E-state index is 11.0. The third-order valence-corrected chi connectivity index (χ3v) is 2.16. The molecule has 1 amide bonds. The molecule has 6 nitrogen and oxygen atoms in total. The Bertz CT molecular complexity index is 388. The molecule has 1 heterocycles. The van der Waals surface area contributed by atoms with Crippen LogP contribution in [0.25, 0.3) is 0 Å². The van der Waals surface area contributed by atoms with Gasteiger partial charge in [-0.2, -0.15) is 0 Å². The predicted octanol–water partition coefficient (Wildman–Crippen LogP) is 1.58. The van der Waals surface area contributed by atoms with Crippen LogP contribution in [0.4, 0.5) is 9.93 Å². The van der Waals surface area contributed by atoms with E-state index in [1.54, 1.807) is 0 Å². The summed E-state index contributed by atoms with van der Waals surface area (Å²) in [6.45, 7) is 3.46. The molecule has 0 aliphatic rings. The van der Waals surface area contributed by atoms with E-state index in [1.165, 1.54) is 6.08 Å². The average molecular weight is 228 g/mol. The molecule has 80 valence electrons. The minimum absolute atomic E-state index is 0.0500. The third kappa shape index (κ3) is 3.39. The maximum atomic E-state index is 11.0. The van der Waals surface area contributed by atoms with Crippen molar-refractivity contribution in [3.8, 4) is 0 Å². The monoisotopic (exact) mass is 228 g/mol. The molecular formula is C8H8N2O4S. The van der Waals surface area contributed by atoms with Crippen LogP contribution in [0.5, 0.6) is 0 Å². The highest BCUT2D eigenvalue weighted by Gasteiger charge is 2.10. The topological polar surface area (TPSA) is 88.5 Å². The number of carboxylic acid groups (broad SMARTS) is 1. The molecule has 15 heavy (non-hydrogen) atoms. The number of hydrogen-bond donors (Lipinski definition) is 2. The smallest absolute Gasteiger partial charge is 0.413 e. The number of thiazole rings is 1. The number of amides is 1. The van der Waals surface area contributed by atoms with Gasteiger partial charge in [0.25, 0.3) is 0 Å². The SMILES string of the molecule is C=CCOC(=O)Nc1ncc(C(=O)O)s1. The molecule has 2 N–H and O–H groups in total. The van der Waals surface area contributed by atoms with Gasteiger partial charge in [-0.1, -0.05) is 24.0 Å². The first-order chi connectivity index (χ1) is 7.13. The molecular weight excluding hydrogens is 220 g/mol. The first kappa shape index (κ1) is 11.2. The second kappa shape index (κ2) is 5.11. The molecule has 0 radical (unpaired) electrons. The number of carbonyl (C=O) groups is 2. The van der Waals surface area contributed by atoms with Crippen LogP contribution >= 0.6 is 11.3 Å². The van der Waals surface area contributed by atoms with E-state index >= 15 is 0 Å². The normalized spacial score (nSPS) is 9.33. The Hall–Kier alpha value is -1.89. The van der Waals surface area contributed by atoms with Crippen molar-refractivity contribution >= 4 is 28.5 Å². The van der Waals surface area contributed by atoms with Gasteiger partial charge in [0.1, 0.15) is 11.5 Å². The van der Waals surface area contributed by atoms with Crippen LogP contribution in [0, 0.1) is 0 Å². The van der Waals surface area contributed by atoms with Crippen molar-refractivity contribution in [2.45, 2.75) is 0 Å². The lowest BCUT2D eigenvalue weighted by Gasteiger charge is -2.00. The largest absolute Gasteiger partial charge is 0.477 e. The van der Waals surface area contributed by atoms with Gasteiger partial charge in [-0.15, -0.1) is 0 Å². The average Bonchev–Trinajstić information content (AvgIpc) is 2.63. The number of nitrogens with zero attached hydrogens (tertiary/aromatic N) is 1. The fraction of sp³-hybridized carbons (Fsp3) is 0.125. The Balaban J connectivity index is 2.53. The van der Waals surface area contributed by atoms with Crippen LogP contribution in [-0.4, -0.2) is 28.8 Å². The Morgan fingerprint density at radius 1 is 1.73 bits per heavy atom. The molecule has 0 aliphatic heterocycles. The van der Waals surface area contributed by atoms with Crippen LogP contribution in [-0.2, 0) is 4.74 Å². The molecule has 7 heteroatoms. The van der Waals surface area contributed by atoms with Gasteiger partial charge in [-0.05, 0) is 0 Å². The zero-order chi connectivity index (χ0) is 11.3. The van der Waals surface area contributed by atoms with Crippen LogP contribution < -0.4 is 5.32 Å². The summed E-state index contributed by atoms with van der Waals surface area (Å²) in [5.74, 6) is -1.08. The molecule has 1 aromatic heterocycles. The molecule has 0 aromatic carbocycles. The highest BCUT2D eigenvalue weighted by molar-refractivity contribution is 7.17. The summed E-state index contributed by atoms with van der Waals surface area (Å²) in [5, 5.41) is 11.1. The molecule has 0 saturated heterocycles. The number of anilines is 1. The number of rotatable bonds is 4. The standard InChI is InChI=1S/C8H8N2O4S/c1-2-3-14-8(13)10-7-9-4-5(15-7)6(11)12/h2,4H,1,3H2,(H,11,12)(H,9,10,13). The molecule has 0 atom stereocenters. The van der Waals surface area contributed by atoms with Crippen molar-refractivity contribution in [2.75, 3.05) is 11.9 Å². The number of carbonyl (C=O) groups excluding carboxylic acids is 1. The molecule has 1 aromatic rings. The van der Waals surface area contributed by atoms with Gasteiger partial charge in [0.05, 0.1) is 6.20 Å². The summed E-state index contributed by atoms with van der Waals surface area (Å²) in [7, 11) is 0. The summed E-state index contributed by atoms with van der Waals surface area (Å²) in [4.78, 5) is 25.2. The van der Waals surface area contributed by atoms with Crippen LogP contribution in [0.1, 0.15) is 9.67 Å².